The largest absolute Gasteiger partial charge is 0.497 e. The number of hydrogen-bond donors (Lipinski definition) is 0. The van der Waals surface area contributed by atoms with Crippen molar-refractivity contribution >= 4 is 18.2 Å². The monoisotopic (exact) mass is 362 g/mol. The van der Waals surface area contributed by atoms with Crippen molar-refractivity contribution in [2.75, 3.05) is 20.8 Å². The van der Waals surface area contributed by atoms with E-state index in [-0.39, 0.29) is 12.2 Å². The summed E-state index contributed by atoms with van der Waals surface area (Å²) in [5, 5.41) is 0.377. The van der Waals surface area contributed by atoms with E-state index in [0.717, 1.165) is 5.56 Å². The number of carbonyl (C=O) groups excluding carboxylic acids is 1. The highest BCUT2D eigenvalue weighted by molar-refractivity contribution is 7.83. The molecule has 25 heavy (non-hydrogen) atoms. The topological polar surface area (TPSA) is 61.8 Å². The van der Waals surface area contributed by atoms with Gasteiger partial charge < -0.3 is 14.0 Å². The minimum absolute atomic E-state index is 0.161. The average Bonchev–Trinajstić information content (AvgIpc) is 2.60. The lowest BCUT2D eigenvalue weighted by Gasteiger charge is -2.20. The summed E-state index contributed by atoms with van der Waals surface area (Å²) in [7, 11) is -0.759. The van der Waals surface area contributed by atoms with Gasteiger partial charge in [-0.25, -0.2) is 0 Å². The summed E-state index contributed by atoms with van der Waals surface area (Å²) >= 11 is 0. The molecule has 0 aliphatic heterocycles. The fourth-order valence-electron chi connectivity index (χ4n) is 2.60. The van der Waals surface area contributed by atoms with Gasteiger partial charge in [-0.15, -0.1) is 0 Å². The molecule has 0 aliphatic rings. The van der Waals surface area contributed by atoms with Crippen LogP contribution in [0.25, 0.3) is 0 Å². The number of carbonyl (C=O) groups is 1. The Balaban J connectivity index is 2.62. The smallest absolute Gasteiger partial charge is 0.300 e. The SMILES string of the molecule is CCOP(=O)(C(=O)c1c(C)cc(OC)cc1OC)c1ccc(C)cc1. The van der Waals surface area contributed by atoms with Crippen molar-refractivity contribution in [3.8, 4) is 11.5 Å². The molecule has 5 nitrogen and oxygen atoms in total. The van der Waals surface area contributed by atoms with Gasteiger partial charge in [0, 0.05) is 11.4 Å². The molecule has 0 fully saturated rings. The van der Waals surface area contributed by atoms with Gasteiger partial charge in [0.15, 0.2) is 0 Å². The Bertz CT molecular complexity index is 811. The summed E-state index contributed by atoms with van der Waals surface area (Å²) in [5.74, 6) is 0.876. The van der Waals surface area contributed by atoms with Crippen molar-refractivity contribution < 1.29 is 23.4 Å². The maximum absolute atomic E-state index is 13.5. The van der Waals surface area contributed by atoms with Gasteiger partial charge in [0.2, 0.25) is 0 Å². The van der Waals surface area contributed by atoms with Crippen molar-refractivity contribution in [3.63, 3.8) is 0 Å². The molecule has 0 heterocycles. The highest BCUT2D eigenvalue weighted by Crippen LogP contribution is 2.51. The van der Waals surface area contributed by atoms with E-state index in [2.05, 4.69) is 0 Å². The molecule has 0 amide bonds. The summed E-state index contributed by atoms with van der Waals surface area (Å²) in [4.78, 5) is 13.2. The van der Waals surface area contributed by atoms with Gasteiger partial charge in [-0.05, 0) is 44.5 Å². The van der Waals surface area contributed by atoms with Crippen LogP contribution in [0.4, 0.5) is 0 Å². The van der Waals surface area contributed by atoms with E-state index in [1.165, 1.54) is 14.2 Å². The van der Waals surface area contributed by atoms with E-state index in [9.17, 15) is 9.36 Å². The van der Waals surface area contributed by atoms with Crippen LogP contribution < -0.4 is 14.8 Å². The molecule has 0 saturated heterocycles. The predicted molar refractivity (Wildman–Crippen MR) is 98.7 cm³/mol. The van der Waals surface area contributed by atoms with Crippen LogP contribution in [0.2, 0.25) is 0 Å². The number of hydrogen-bond acceptors (Lipinski definition) is 5. The molecule has 0 radical (unpaired) electrons. The molecule has 0 saturated carbocycles. The van der Waals surface area contributed by atoms with Crippen LogP contribution in [0.5, 0.6) is 11.5 Å². The molecular weight excluding hydrogens is 339 g/mol. The van der Waals surface area contributed by atoms with E-state index >= 15 is 0 Å². The first-order chi connectivity index (χ1) is 11.9. The van der Waals surface area contributed by atoms with Gasteiger partial charge in [-0.1, -0.05) is 17.7 Å². The number of benzene rings is 2. The summed E-state index contributed by atoms with van der Waals surface area (Å²) in [6.45, 7) is 5.55. The second-order valence-corrected chi connectivity index (χ2v) is 7.92. The predicted octanol–water partition coefficient (Wildman–Crippen LogP) is 4.10. The Morgan fingerprint density at radius 1 is 1.04 bits per heavy atom. The molecule has 1 unspecified atom stereocenters. The van der Waals surface area contributed by atoms with E-state index in [4.69, 9.17) is 14.0 Å². The second kappa shape index (κ2) is 7.85. The fraction of sp³-hybridized carbons (Fsp3) is 0.316. The van der Waals surface area contributed by atoms with Crippen LogP contribution in [-0.2, 0) is 9.09 Å². The molecule has 0 aliphatic carbocycles. The third-order valence-corrected chi connectivity index (χ3v) is 6.25. The zero-order chi connectivity index (χ0) is 18.6. The first-order valence-corrected chi connectivity index (χ1v) is 9.59. The van der Waals surface area contributed by atoms with Gasteiger partial charge in [-0.3, -0.25) is 9.36 Å². The Labute approximate surface area is 148 Å². The highest BCUT2D eigenvalue weighted by atomic mass is 31.2. The lowest BCUT2D eigenvalue weighted by molar-refractivity contribution is 0.105. The first kappa shape index (κ1) is 19.2. The lowest BCUT2D eigenvalue weighted by atomic mass is 10.1. The Hall–Kier alpha value is -2.10. The Morgan fingerprint density at radius 2 is 1.68 bits per heavy atom. The summed E-state index contributed by atoms with van der Waals surface area (Å²) in [6.07, 6.45) is 0. The van der Waals surface area contributed by atoms with Crippen molar-refractivity contribution in [2.45, 2.75) is 20.8 Å². The molecule has 1 atom stereocenters. The molecule has 0 bridgehead atoms. The van der Waals surface area contributed by atoms with Crippen molar-refractivity contribution in [3.05, 3.63) is 53.1 Å². The number of rotatable bonds is 7. The third-order valence-electron chi connectivity index (χ3n) is 3.89. The second-order valence-electron chi connectivity index (χ2n) is 5.63. The van der Waals surface area contributed by atoms with Crippen molar-refractivity contribution in [1.29, 1.82) is 0 Å². The van der Waals surface area contributed by atoms with Gasteiger partial charge in [0.05, 0.1) is 26.4 Å². The number of aryl methyl sites for hydroxylation is 2. The van der Waals surface area contributed by atoms with E-state index in [1.54, 1.807) is 38.1 Å². The molecule has 2 aromatic rings. The minimum Gasteiger partial charge on any atom is -0.497 e. The zero-order valence-corrected chi connectivity index (χ0v) is 16.1. The summed E-state index contributed by atoms with van der Waals surface area (Å²) in [6, 6.07) is 10.3. The molecular formula is C19H23O5P. The molecule has 6 heteroatoms. The van der Waals surface area contributed by atoms with Crippen LogP contribution in [0, 0.1) is 13.8 Å². The number of ether oxygens (including phenoxy) is 2. The van der Waals surface area contributed by atoms with Gasteiger partial charge in [0.25, 0.3) is 5.52 Å². The van der Waals surface area contributed by atoms with Crippen LogP contribution in [0.3, 0.4) is 0 Å². The van der Waals surface area contributed by atoms with Crippen molar-refractivity contribution in [1.82, 2.24) is 0 Å². The van der Waals surface area contributed by atoms with Gasteiger partial charge in [-0.2, -0.15) is 0 Å². The van der Waals surface area contributed by atoms with Crippen molar-refractivity contribution in [2.24, 2.45) is 0 Å². The molecule has 0 N–H and O–H groups in total. The Kier molecular flexibility index (Phi) is 6.04. The van der Waals surface area contributed by atoms with Gasteiger partial charge >= 0.3 is 7.37 Å². The summed E-state index contributed by atoms with van der Waals surface area (Å²) < 4.78 is 29.6. The zero-order valence-electron chi connectivity index (χ0n) is 15.2. The van der Waals surface area contributed by atoms with E-state index in [1.807, 2.05) is 19.1 Å². The van der Waals surface area contributed by atoms with Crippen LogP contribution >= 0.6 is 7.37 Å². The van der Waals surface area contributed by atoms with E-state index in [0.29, 0.717) is 22.4 Å². The lowest BCUT2D eigenvalue weighted by Crippen LogP contribution is -2.17. The minimum atomic E-state index is -3.75. The van der Waals surface area contributed by atoms with Crippen LogP contribution in [0.1, 0.15) is 28.4 Å². The Morgan fingerprint density at radius 3 is 2.20 bits per heavy atom. The number of methoxy groups -OCH3 is 2. The van der Waals surface area contributed by atoms with Crippen LogP contribution in [-0.4, -0.2) is 26.4 Å². The molecule has 0 spiro atoms. The third kappa shape index (κ3) is 3.78. The first-order valence-electron chi connectivity index (χ1n) is 7.96. The van der Waals surface area contributed by atoms with Crippen LogP contribution in [0.15, 0.2) is 36.4 Å². The highest BCUT2D eigenvalue weighted by Gasteiger charge is 2.38. The maximum Gasteiger partial charge on any atom is 0.300 e. The fourth-order valence-corrected chi connectivity index (χ4v) is 4.58. The summed E-state index contributed by atoms with van der Waals surface area (Å²) in [5.41, 5.74) is 1.31. The molecule has 2 aromatic carbocycles. The standard InChI is InChI=1S/C19H23O5P/c1-6-24-25(21,16-9-7-13(2)8-10-16)19(20)18-14(3)11-15(22-4)12-17(18)23-5/h7-12H,6H2,1-5H3. The maximum atomic E-state index is 13.5. The van der Waals surface area contributed by atoms with Gasteiger partial charge in [0.1, 0.15) is 11.5 Å². The molecule has 134 valence electrons. The van der Waals surface area contributed by atoms with E-state index < -0.39 is 12.9 Å². The quantitative estimate of drug-likeness (QED) is 0.694. The molecule has 2 rings (SSSR count). The normalized spacial score (nSPS) is 13.2. The average molecular weight is 362 g/mol. The molecule has 0 aromatic heterocycles.